The summed E-state index contributed by atoms with van der Waals surface area (Å²) in [5.41, 5.74) is -5.42. The van der Waals surface area contributed by atoms with Gasteiger partial charge in [-0.1, -0.05) is 6.92 Å². The number of hydrogen-bond acceptors (Lipinski definition) is 5. The Kier molecular flexibility index (Phi) is 9.29. The highest BCUT2D eigenvalue weighted by Crippen LogP contribution is 2.43. The highest BCUT2D eigenvalue weighted by molar-refractivity contribution is 14.1. The fourth-order valence-corrected chi connectivity index (χ4v) is 4.14. The summed E-state index contributed by atoms with van der Waals surface area (Å²) in [6.07, 6.45) is -12.6. The van der Waals surface area contributed by atoms with Gasteiger partial charge in [0.05, 0.1) is 18.8 Å². The van der Waals surface area contributed by atoms with Crippen molar-refractivity contribution in [2.45, 2.75) is 24.9 Å². The van der Waals surface area contributed by atoms with Crippen molar-refractivity contribution in [1.29, 1.82) is 0 Å². The number of halogens is 9. The number of aliphatic hydroxyl groups is 1. The molecule has 0 fully saturated rings. The molecule has 14 heteroatoms. The fourth-order valence-electron chi connectivity index (χ4n) is 1.76. The van der Waals surface area contributed by atoms with Crippen molar-refractivity contribution < 1.29 is 50.5 Å². The molecule has 29 heavy (non-hydrogen) atoms. The lowest BCUT2D eigenvalue weighted by atomic mass is 10.0. The third kappa shape index (κ3) is 6.44. The topological polar surface area (TPSA) is 72.8 Å². The number of alkyl halides is 6. The molecule has 0 aliphatic carbocycles. The van der Waals surface area contributed by atoms with Gasteiger partial charge in [-0.3, -0.25) is 0 Å². The van der Waals surface area contributed by atoms with E-state index in [9.17, 15) is 35.9 Å². The Bertz CT molecular complexity index is 767. The minimum absolute atomic E-state index is 0.231. The normalized spacial score (nSPS) is 13.8. The van der Waals surface area contributed by atoms with Gasteiger partial charge >= 0.3 is 29.9 Å². The quantitative estimate of drug-likeness (QED) is 0.197. The van der Waals surface area contributed by atoms with Crippen LogP contribution < -0.4 is 0 Å². The van der Waals surface area contributed by atoms with Gasteiger partial charge in [0, 0.05) is 16.6 Å². The van der Waals surface area contributed by atoms with Crippen LogP contribution in [0.15, 0.2) is 12.1 Å². The summed E-state index contributed by atoms with van der Waals surface area (Å²) in [5, 5.41) is 8.90. The molecule has 0 saturated heterocycles. The van der Waals surface area contributed by atoms with Crippen molar-refractivity contribution in [2.24, 2.45) is 5.92 Å². The van der Waals surface area contributed by atoms with E-state index in [0.717, 1.165) is 7.14 Å². The molecule has 0 bridgehead atoms. The Labute approximate surface area is 201 Å². The number of rotatable bonds is 6. The third-order valence-electron chi connectivity index (χ3n) is 3.33. The minimum Gasteiger partial charge on any atom is -0.463 e. The van der Waals surface area contributed by atoms with Crippen LogP contribution in [-0.4, -0.2) is 48.2 Å². The molecule has 0 aliphatic rings. The molecule has 0 amide bonds. The number of hydrogen-bond donors (Lipinski definition) is 1. The van der Waals surface area contributed by atoms with E-state index in [0.29, 0.717) is 3.57 Å². The summed E-state index contributed by atoms with van der Waals surface area (Å²) >= 11 is 5.91. The van der Waals surface area contributed by atoms with Crippen LogP contribution in [0, 0.1) is 16.6 Å². The molecule has 164 valence electrons. The molecular formula is C15H11F6I3O5. The average Bonchev–Trinajstić information content (AvgIpc) is 2.57. The van der Waals surface area contributed by atoms with Gasteiger partial charge in [0.1, 0.15) is 0 Å². The molecule has 1 rings (SSSR count). The maximum absolute atomic E-state index is 12.6. The molecule has 1 aromatic carbocycles. The Morgan fingerprint density at radius 1 is 1.00 bits per heavy atom. The largest absolute Gasteiger partial charge is 0.463 e. The average molecular weight is 766 g/mol. The molecular weight excluding hydrogens is 755 g/mol. The number of esters is 2. The smallest absolute Gasteiger partial charge is 0.437 e. The van der Waals surface area contributed by atoms with Crippen molar-refractivity contribution in [1.82, 2.24) is 0 Å². The van der Waals surface area contributed by atoms with Crippen molar-refractivity contribution in [3.8, 4) is 0 Å². The van der Waals surface area contributed by atoms with Crippen molar-refractivity contribution in [2.75, 3.05) is 13.2 Å². The van der Waals surface area contributed by atoms with E-state index in [2.05, 4.69) is 4.74 Å². The summed E-state index contributed by atoms with van der Waals surface area (Å²) in [6, 6.07) is 3.36. The van der Waals surface area contributed by atoms with Gasteiger partial charge < -0.3 is 14.6 Å². The van der Waals surface area contributed by atoms with Crippen LogP contribution in [0.1, 0.15) is 17.3 Å². The van der Waals surface area contributed by atoms with Gasteiger partial charge in [-0.2, -0.15) is 26.3 Å². The van der Waals surface area contributed by atoms with Crippen LogP contribution in [0.4, 0.5) is 26.3 Å². The SMILES string of the molecule is CC(COC(=O)c1cc(I)cc(I)c1I)COC(=O)C(O)(C(F)(F)F)C(F)(F)F. The molecule has 0 aliphatic heterocycles. The van der Waals surface area contributed by atoms with Gasteiger partial charge in [0.2, 0.25) is 0 Å². The van der Waals surface area contributed by atoms with Gasteiger partial charge in [0.25, 0.3) is 0 Å². The van der Waals surface area contributed by atoms with Gasteiger partial charge in [-0.05, 0) is 79.9 Å². The zero-order chi connectivity index (χ0) is 22.8. The van der Waals surface area contributed by atoms with Crippen molar-refractivity contribution in [3.05, 3.63) is 28.4 Å². The van der Waals surface area contributed by atoms with Crippen molar-refractivity contribution in [3.63, 3.8) is 0 Å². The van der Waals surface area contributed by atoms with Crippen LogP contribution in [-0.2, 0) is 14.3 Å². The van der Waals surface area contributed by atoms with E-state index in [-0.39, 0.29) is 5.56 Å². The Morgan fingerprint density at radius 3 is 1.97 bits per heavy atom. The minimum atomic E-state index is -6.32. The van der Waals surface area contributed by atoms with Crippen LogP contribution in [0.5, 0.6) is 0 Å². The van der Waals surface area contributed by atoms with Crippen LogP contribution >= 0.6 is 67.8 Å². The third-order valence-corrected chi connectivity index (χ3v) is 6.99. The molecule has 1 unspecified atom stereocenters. The number of carbonyl (C=O) groups excluding carboxylic acids is 2. The van der Waals surface area contributed by atoms with Crippen molar-refractivity contribution >= 4 is 79.7 Å². The highest BCUT2D eigenvalue weighted by Gasteiger charge is 2.76. The van der Waals surface area contributed by atoms with E-state index < -0.39 is 49.0 Å². The predicted molar refractivity (Wildman–Crippen MR) is 112 cm³/mol. The Morgan fingerprint density at radius 2 is 1.48 bits per heavy atom. The van der Waals surface area contributed by atoms with Gasteiger partial charge in [0.15, 0.2) is 0 Å². The predicted octanol–water partition coefficient (Wildman–Crippen LogP) is 4.69. The summed E-state index contributed by atoms with van der Waals surface area (Å²) in [7, 11) is 0. The second kappa shape index (κ2) is 10.0. The number of carbonyl (C=O) groups is 2. The van der Waals surface area contributed by atoms with Crippen LogP contribution in [0.2, 0.25) is 0 Å². The zero-order valence-corrected chi connectivity index (χ0v) is 20.6. The Balaban J connectivity index is 2.73. The first kappa shape index (κ1) is 26.9. The van der Waals surface area contributed by atoms with E-state index >= 15 is 0 Å². The summed E-state index contributed by atoms with van der Waals surface area (Å²) in [6.45, 7) is -0.119. The monoisotopic (exact) mass is 766 g/mol. The summed E-state index contributed by atoms with van der Waals surface area (Å²) in [4.78, 5) is 23.5. The lowest BCUT2D eigenvalue weighted by Crippen LogP contribution is -2.63. The van der Waals surface area contributed by atoms with Crippen LogP contribution in [0.25, 0.3) is 0 Å². The fraction of sp³-hybridized carbons (Fsp3) is 0.467. The zero-order valence-electron chi connectivity index (χ0n) is 14.1. The number of benzene rings is 1. The maximum Gasteiger partial charge on any atom is 0.437 e. The van der Waals surface area contributed by atoms with Gasteiger partial charge in [-0.25, -0.2) is 9.59 Å². The lowest BCUT2D eigenvalue weighted by Gasteiger charge is -2.30. The van der Waals surface area contributed by atoms with E-state index in [1.165, 1.54) is 6.92 Å². The van der Waals surface area contributed by atoms with E-state index in [4.69, 9.17) is 9.84 Å². The molecule has 0 aromatic heterocycles. The number of ether oxygens (including phenoxy) is 2. The maximum atomic E-state index is 12.6. The first-order valence-corrected chi connectivity index (χ1v) is 10.6. The van der Waals surface area contributed by atoms with Crippen LogP contribution in [0.3, 0.4) is 0 Å². The second-order valence-electron chi connectivity index (χ2n) is 5.76. The van der Waals surface area contributed by atoms with E-state index in [1.54, 1.807) is 6.07 Å². The summed E-state index contributed by atoms with van der Waals surface area (Å²) < 4.78 is 86.6. The second-order valence-corrected chi connectivity index (χ2v) is 9.24. The first-order chi connectivity index (χ1) is 13.0. The first-order valence-electron chi connectivity index (χ1n) is 7.37. The van der Waals surface area contributed by atoms with E-state index in [1.807, 2.05) is 73.8 Å². The molecule has 1 N–H and O–H groups in total. The Hall–Kier alpha value is -0.110. The molecule has 1 aromatic rings. The lowest BCUT2D eigenvalue weighted by molar-refractivity contribution is -0.357. The molecule has 0 heterocycles. The molecule has 1 atom stereocenters. The highest BCUT2D eigenvalue weighted by atomic mass is 127. The molecule has 0 radical (unpaired) electrons. The summed E-state index contributed by atoms with van der Waals surface area (Å²) in [5.74, 6) is -4.60. The molecule has 5 nitrogen and oxygen atoms in total. The standard InChI is InChI=1S/C15H11F6I3O5/c1-6(4-28-11(25)8-2-7(22)3-9(23)10(8)24)5-29-12(26)13(27,14(16,17)18)15(19,20)21/h2-3,6,27H,4-5H2,1H3. The molecule has 0 saturated carbocycles. The van der Waals surface area contributed by atoms with Gasteiger partial charge in [-0.15, -0.1) is 0 Å². The molecule has 0 spiro atoms.